The lowest BCUT2D eigenvalue weighted by molar-refractivity contribution is -0.385. The third kappa shape index (κ3) is 3.11. The van der Waals surface area contributed by atoms with Gasteiger partial charge in [-0.25, -0.2) is 0 Å². The number of benzene rings is 1. The molecular weight excluding hydrogens is 288 g/mol. The fourth-order valence-electron chi connectivity index (χ4n) is 2.14. The van der Waals surface area contributed by atoms with Crippen LogP contribution >= 0.6 is 0 Å². The van der Waals surface area contributed by atoms with E-state index in [1.807, 2.05) is 6.92 Å². The van der Waals surface area contributed by atoms with Gasteiger partial charge in [-0.2, -0.15) is 4.98 Å². The Labute approximate surface area is 126 Å². The molecule has 0 saturated carbocycles. The summed E-state index contributed by atoms with van der Waals surface area (Å²) >= 11 is 0. The van der Waals surface area contributed by atoms with Crippen LogP contribution in [0.25, 0.3) is 0 Å². The first-order valence-electron chi connectivity index (χ1n) is 6.79. The Hall–Kier alpha value is -2.77. The number of nitro benzene ring substituents is 1. The molecule has 8 heteroatoms. The summed E-state index contributed by atoms with van der Waals surface area (Å²) in [5.41, 5.74) is 0.355. The van der Waals surface area contributed by atoms with E-state index in [0.717, 1.165) is 0 Å². The van der Waals surface area contributed by atoms with Crippen LogP contribution < -0.4 is 5.32 Å². The Balaban J connectivity index is 2.30. The number of nitrogens with zero attached hydrogens (tertiary/aromatic N) is 3. The molecule has 1 aromatic carbocycles. The van der Waals surface area contributed by atoms with Gasteiger partial charge in [0.1, 0.15) is 5.56 Å². The van der Waals surface area contributed by atoms with Crippen molar-refractivity contribution in [3.05, 3.63) is 51.2 Å². The van der Waals surface area contributed by atoms with Crippen molar-refractivity contribution >= 4 is 11.6 Å². The van der Waals surface area contributed by atoms with Crippen molar-refractivity contribution in [3.8, 4) is 0 Å². The van der Waals surface area contributed by atoms with Crippen LogP contribution in [0.5, 0.6) is 0 Å². The van der Waals surface area contributed by atoms with Gasteiger partial charge in [0.05, 0.1) is 11.0 Å². The predicted octanol–water partition coefficient (Wildman–Crippen LogP) is 2.48. The van der Waals surface area contributed by atoms with E-state index in [9.17, 15) is 14.9 Å². The standard InChI is InChI=1S/C14H16N4O4/c1-4-10(13-15-9(3)22-17-13)16-14(19)12-8(2)6-5-7-11(12)18(20)21/h5-7,10H,4H2,1-3H3,(H,16,19)/t10-/m1/s1. The largest absolute Gasteiger partial charge is 0.342 e. The van der Waals surface area contributed by atoms with Gasteiger partial charge in [-0.1, -0.05) is 24.2 Å². The number of carbonyl (C=O) groups is 1. The number of nitro groups is 1. The second kappa shape index (κ2) is 6.33. The molecule has 0 spiro atoms. The molecule has 0 saturated heterocycles. The van der Waals surface area contributed by atoms with Gasteiger partial charge < -0.3 is 9.84 Å². The highest BCUT2D eigenvalue weighted by molar-refractivity contribution is 5.99. The van der Waals surface area contributed by atoms with Crippen molar-refractivity contribution in [1.29, 1.82) is 0 Å². The SMILES string of the molecule is CC[C@@H](NC(=O)c1c(C)cccc1[N+](=O)[O-])c1noc(C)n1. The first-order chi connectivity index (χ1) is 10.4. The summed E-state index contributed by atoms with van der Waals surface area (Å²) in [6.07, 6.45) is 0.532. The minimum atomic E-state index is -0.568. The van der Waals surface area contributed by atoms with Crippen molar-refractivity contribution < 1.29 is 14.2 Å². The van der Waals surface area contributed by atoms with Crippen LogP contribution in [0, 0.1) is 24.0 Å². The van der Waals surface area contributed by atoms with Crippen molar-refractivity contribution in [1.82, 2.24) is 15.5 Å². The number of nitrogens with one attached hydrogen (secondary N) is 1. The Kier molecular flexibility index (Phi) is 4.50. The van der Waals surface area contributed by atoms with Gasteiger partial charge >= 0.3 is 0 Å². The molecule has 1 heterocycles. The molecule has 0 unspecified atom stereocenters. The lowest BCUT2D eigenvalue weighted by Gasteiger charge is -2.14. The average molecular weight is 304 g/mol. The van der Waals surface area contributed by atoms with E-state index in [-0.39, 0.29) is 11.3 Å². The maximum Gasteiger partial charge on any atom is 0.282 e. The molecule has 0 aliphatic heterocycles. The van der Waals surface area contributed by atoms with Crippen molar-refractivity contribution in [2.24, 2.45) is 0 Å². The van der Waals surface area contributed by atoms with Crippen molar-refractivity contribution in [2.45, 2.75) is 33.2 Å². The number of aromatic nitrogens is 2. The lowest BCUT2D eigenvalue weighted by Crippen LogP contribution is -2.30. The van der Waals surface area contributed by atoms with Gasteiger partial charge in [-0.15, -0.1) is 0 Å². The number of amides is 1. The predicted molar refractivity (Wildman–Crippen MR) is 77.4 cm³/mol. The molecular formula is C14H16N4O4. The molecule has 1 N–H and O–H groups in total. The first-order valence-corrected chi connectivity index (χ1v) is 6.79. The summed E-state index contributed by atoms with van der Waals surface area (Å²) in [6.45, 7) is 5.15. The molecule has 1 amide bonds. The zero-order valence-electron chi connectivity index (χ0n) is 12.5. The zero-order valence-corrected chi connectivity index (χ0v) is 12.5. The minimum absolute atomic E-state index is 0.0474. The van der Waals surface area contributed by atoms with E-state index in [1.165, 1.54) is 6.07 Å². The van der Waals surface area contributed by atoms with E-state index >= 15 is 0 Å². The monoisotopic (exact) mass is 304 g/mol. The second-order valence-corrected chi connectivity index (χ2v) is 4.83. The highest BCUT2D eigenvalue weighted by Gasteiger charge is 2.25. The Morgan fingerprint density at radius 2 is 2.18 bits per heavy atom. The number of carbonyl (C=O) groups excluding carboxylic acids is 1. The van der Waals surface area contributed by atoms with Crippen LogP contribution in [0.4, 0.5) is 5.69 Å². The zero-order chi connectivity index (χ0) is 16.3. The van der Waals surface area contributed by atoms with Crippen LogP contribution in [0.3, 0.4) is 0 Å². The molecule has 8 nitrogen and oxygen atoms in total. The molecule has 2 aromatic rings. The summed E-state index contributed by atoms with van der Waals surface area (Å²) in [5, 5.41) is 17.6. The summed E-state index contributed by atoms with van der Waals surface area (Å²) < 4.78 is 4.90. The van der Waals surface area contributed by atoms with Crippen LogP contribution in [0.1, 0.15) is 47.0 Å². The van der Waals surface area contributed by atoms with Crippen molar-refractivity contribution in [3.63, 3.8) is 0 Å². The Morgan fingerprint density at radius 1 is 1.45 bits per heavy atom. The topological polar surface area (TPSA) is 111 Å². The molecule has 2 rings (SSSR count). The molecule has 22 heavy (non-hydrogen) atoms. The quantitative estimate of drug-likeness (QED) is 0.671. The molecule has 0 bridgehead atoms. The summed E-state index contributed by atoms with van der Waals surface area (Å²) in [4.78, 5) is 27.0. The third-order valence-corrected chi connectivity index (χ3v) is 3.24. The summed E-state index contributed by atoms with van der Waals surface area (Å²) in [5.74, 6) is 0.216. The summed E-state index contributed by atoms with van der Waals surface area (Å²) in [6, 6.07) is 4.04. The maximum absolute atomic E-state index is 12.4. The fraction of sp³-hybridized carbons (Fsp3) is 0.357. The first kappa shape index (κ1) is 15.6. The average Bonchev–Trinajstić information content (AvgIpc) is 2.90. The molecule has 1 atom stereocenters. The fourth-order valence-corrected chi connectivity index (χ4v) is 2.14. The van der Waals surface area contributed by atoms with Crippen LogP contribution in [-0.2, 0) is 0 Å². The Bertz CT molecular complexity index is 711. The van der Waals surface area contributed by atoms with Crippen molar-refractivity contribution in [2.75, 3.05) is 0 Å². The molecule has 0 aliphatic carbocycles. The number of hydrogen-bond donors (Lipinski definition) is 1. The van der Waals surface area contributed by atoms with Crippen LogP contribution in [-0.4, -0.2) is 21.0 Å². The molecule has 0 fully saturated rings. The highest BCUT2D eigenvalue weighted by Crippen LogP contribution is 2.23. The van der Waals surface area contributed by atoms with Gasteiger partial charge in [0.2, 0.25) is 5.89 Å². The van der Waals surface area contributed by atoms with Gasteiger partial charge in [-0.05, 0) is 18.9 Å². The van der Waals surface area contributed by atoms with Gasteiger partial charge in [-0.3, -0.25) is 14.9 Å². The van der Waals surface area contributed by atoms with Gasteiger partial charge in [0.15, 0.2) is 5.82 Å². The number of rotatable bonds is 5. The Morgan fingerprint density at radius 3 is 2.73 bits per heavy atom. The number of aryl methyl sites for hydroxylation is 2. The lowest BCUT2D eigenvalue weighted by atomic mass is 10.0. The summed E-state index contributed by atoms with van der Waals surface area (Å²) in [7, 11) is 0. The smallest absolute Gasteiger partial charge is 0.282 e. The third-order valence-electron chi connectivity index (χ3n) is 3.24. The number of hydrogen-bond acceptors (Lipinski definition) is 6. The van der Waals surface area contributed by atoms with E-state index in [4.69, 9.17) is 4.52 Å². The van der Waals surface area contributed by atoms with E-state index < -0.39 is 16.9 Å². The van der Waals surface area contributed by atoms with E-state index in [2.05, 4.69) is 15.5 Å². The van der Waals surface area contributed by atoms with E-state index in [1.54, 1.807) is 26.0 Å². The normalized spacial score (nSPS) is 12.0. The van der Waals surface area contributed by atoms with Crippen LogP contribution in [0.15, 0.2) is 22.7 Å². The van der Waals surface area contributed by atoms with Gasteiger partial charge in [0.25, 0.3) is 11.6 Å². The van der Waals surface area contributed by atoms with E-state index in [0.29, 0.717) is 23.7 Å². The van der Waals surface area contributed by atoms with Crippen LogP contribution in [0.2, 0.25) is 0 Å². The molecule has 116 valence electrons. The second-order valence-electron chi connectivity index (χ2n) is 4.83. The minimum Gasteiger partial charge on any atom is -0.342 e. The van der Waals surface area contributed by atoms with Gasteiger partial charge in [0, 0.05) is 13.0 Å². The molecule has 0 radical (unpaired) electrons. The molecule has 1 aromatic heterocycles. The maximum atomic E-state index is 12.4. The molecule has 0 aliphatic rings. The highest BCUT2D eigenvalue weighted by atomic mass is 16.6.